The summed E-state index contributed by atoms with van der Waals surface area (Å²) in [5, 5.41) is 3.30. The minimum atomic E-state index is -0.244. The highest BCUT2D eigenvalue weighted by atomic mass is 16.5. The number of hydrogen-bond acceptors (Lipinski definition) is 4. The molecule has 6 nitrogen and oxygen atoms in total. The first kappa shape index (κ1) is 15.7. The fourth-order valence-corrected chi connectivity index (χ4v) is 2.49. The minimum Gasteiger partial charge on any atom is -0.496 e. The second-order valence-electron chi connectivity index (χ2n) is 5.27. The smallest absolute Gasteiger partial charge is 0.260 e. The SMILES string of the molecule is COc1ccccc1CNC(=O)Cn1ccc2ncccc2c1=O. The molecule has 0 spiro atoms. The Kier molecular flexibility index (Phi) is 4.56. The largest absolute Gasteiger partial charge is 0.496 e. The summed E-state index contributed by atoms with van der Waals surface area (Å²) >= 11 is 0. The number of benzene rings is 1. The predicted molar refractivity (Wildman–Crippen MR) is 90.8 cm³/mol. The lowest BCUT2D eigenvalue weighted by Gasteiger charge is -2.10. The van der Waals surface area contributed by atoms with Crippen molar-refractivity contribution in [1.82, 2.24) is 14.9 Å². The molecule has 2 aromatic heterocycles. The van der Waals surface area contributed by atoms with Crippen molar-refractivity contribution >= 4 is 16.8 Å². The second kappa shape index (κ2) is 6.95. The normalized spacial score (nSPS) is 10.5. The molecule has 0 aliphatic rings. The Morgan fingerprint density at radius 2 is 2.04 bits per heavy atom. The van der Waals surface area contributed by atoms with E-state index in [4.69, 9.17) is 4.74 Å². The number of carbonyl (C=O) groups excluding carboxylic acids is 1. The van der Waals surface area contributed by atoms with Crippen molar-refractivity contribution < 1.29 is 9.53 Å². The van der Waals surface area contributed by atoms with Gasteiger partial charge in [-0.15, -0.1) is 0 Å². The van der Waals surface area contributed by atoms with E-state index in [2.05, 4.69) is 10.3 Å². The molecule has 0 atom stereocenters. The van der Waals surface area contributed by atoms with Gasteiger partial charge in [-0.1, -0.05) is 18.2 Å². The number of nitrogens with one attached hydrogen (secondary N) is 1. The van der Waals surface area contributed by atoms with Crippen LogP contribution in [0.1, 0.15) is 5.56 Å². The third kappa shape index (κ3) is 3.27. The van der Waals surface area contributed by atoms with Crippen molar-refractivity contribution in [3.05, 3.63) is 70.8 Å². The number of methoxy groups -OCH3 is 1. The van der Waals surface area contributed by atoms with Crippen LogP contribution in [-0.4, -0.2) is 22.6 Å². The van der Waals surface area contributed by atoms with Crippen LogP contribution in [0.4, 0.5) is 0 Å². The minimum absolute atomic E-state index is 0.0428. The van der Waals surface area contributed by atoms with E-state index in [9.17, 15) is 9.59 Å². The number of pyridine rings is 2. The van der Waals surface area contributed by atoms with Crippen molar-refractivity contribution in [2.75, 3.05) is 7.11 Å². The first-order valence-corrected chi connectivity index (χ1v) is 7.52. The van der Waals surface area contributed by atoms with Gasteiger partial charge in [0.1, 0.15) is 12.3 Å². The van der Waals surface area contributed by atoms with Crippen LogP contribution in [0.15, 0.2) is 59.7 Å². The number of nitrogens with zero attached hydrogens (tertiary/aromatic N) is 2. The summed E-state index contributed by atoms with van der Waals surface area (Å²) in [5.41, 5.74) is 1.27. The van der Waals surface area contributed by atoms with Crippen molar-refractivity contribution in [2.24, 2.45) is 0 Å². The molecule has 3 aromatic rings. The van der Waals surface area contributed by atoms with Gasteiger partial charge in [-0.05, 0) is 24.3 Å². The summed E-state index contributed by atoms with van der Waals surface area (Å²) in [6.45, 7) is 0.297. The Balaban J connectivity index is 1.71. The molecule has 1 N–H and O–H groups in total. The molecule has 3 rings (SSSR count). The van der Waals surface area contributed by atoms with Crippen LogP contribution in [-0.2, 0) is 17.9 Å². The quantitative estimate of drug-likeness (QED) is 0.776. The number of hydrogen-bond donors (Lipinski definition) is 1. The molecule has 0 aliphatic heterocycles. The van der Waals surface area contributed by atoms with Gasteiger partial charge in [0, 0.05) is 24.5 Å². The highest BCUT2D eigenvalue weighted by Crippen LogP contribution is 2.16. The van der Waals surface area contributed by atoms with E-state index in [1.165, 1.54) is 4.57 Å². The van der Waals surface area contributed by atoms with Gasteiger partial charge in [0.05, 0.1) is 18.0 Å². The zero-order chi connectivity index (χ0) is 16.9. The first-order valence-electron chi connectivity index (χ1n) is 7.52. The number of ether oxygens (including phenoxy) is 1. The van der Waals surface area contributed by atoms with Gasteiger partial charge < -0.3 is 14.6 Å². The Hall–Kier alpha value is -3.15. The average Bonchev–Trinajstić information content (AvgIpc) is 2.63. The lowest BCUT2D eigenvalue weighted by atomic mass is 10.2. The van der Waals surface area contributed by atoms with Crippen LogP contribution >= 0.6 is 0 Å². The molecule has 2 heterocycles. The summed E-state index contributed by atoms with van der Waals surface area (Å²) in [6, 6.07) is 12.6. The van der Waals surface area contributed by atoms with Gasteiger partial charge in [0.15, 0.2) is 0 Å². The highest BCUT2D eigenvalue weighted by molar-refractivity contribution is 5.79. The molecule has 0 radical (unpaired) electrons. The van der Waals surface area contributed by atoms with Crippen LogP contribution in [0.2, 0.25) is 0 Å². The third-order valence-electron chi connectivity index (χ3n) is 3.72. The third-order valence-corrected chi connectivity index (χ3v) is 3.72. The molecule has 0 fully saturated rings. The van der Waals surface area contributed by atoms with Gasteiger partial charge in [-0.25, -0.2) is 0 Å². The molecule has 0 aliphatic carbocycles. The number of fused-ring (bicyclic) bond motifs is 1. The average molecular weight is 323 g/mol. The first-order chi connectivity index (χ1) is 11.7. The van der Waals surface area contributed by atoms with E-state index in [0.29, 0.717) is 23.2 Å². The van der Waals surface area contributed by atoms with E-state index < -0.39 is 0 Å². The van der Waals surface area contributed by atoms with Gasteiger partial charge in [-0.3, -0.25) is 14.6 Å². The van der Waals surface area contributed by atoms with Gasteiger partial charge in [-0.2, -0.15) is 0 Å². The lowest BCUT2D eigenvalue weighted by molar-refractivity contribution is -0.121. The fourth-order valence-electron chi connectivity index (χ4n) is 2.49. The van der Waals surface area contributed by atoms with E-state index >= 15 is 0 Å². The molecule has 1 aromatic carbocycles. The van der Waals surface area contributed by atoms with E-state index in [-0.39, 0.29) is 18.0 Å². The van der Waals surface area contributed by atoms with Crippen LogP contribution < -0.4 is 15.6 Å². The molecule has 6 heteroatoms. The molecule has 0 bridgehead atoms. The summed E-state index contributed by atoms with van der Waals surface area (Å²) in [5.74, 6) is 0.470. The summed E-state index contributed by atoms with van der Waals surface area (Å²) < 4.78 is 6.63. The van der Waals surface area contributed by atoms with Gasteiger partial charge >= 0.3 is 0 Å². The Morgan fingerprint density at radius 3 is 2.88 bits per heavy atom. The van der Waals surface area contributed by atoms with Crippen LogP contribution in [0.25, 0.3) is 10.9 Å². The van der Waals surface area contributed by atoms with Crippen molar-refractivity contribution in [3.63, 3.8) is 0 Å². The number of para-hydroxylation sites is 1. The molecule has 0 unspecified atom stereocenters. The van der Waals surface area contributed by atoms with Crippen molar-refractivity contribution in [1.29, 1.82) is 0 Å². The van der Waals surface area contributed by atoms with Crippen LogP contribution in [0.5, 0.6) is 5.75 Å². The molecule has 24 heavy (non-hydrogen) atoms. The molecule has 0 saturated carbocycles. The van der Waals surface area contributed by atoms with E-state index in [1.54, 1.807) is 37.7 Å². The fraction of sp³-hybridized carbons (Fsp3) is 0.167. The van der Waals surface area contributed by atoms with Crippen molar-refractivity contribution in [3.8, 4) is 5.75 Å². The maximum absolute atomic E-state index is 12.4. The molecule has 1 amide bonds. The Morgan fingerprint density at radius 1 is 1.21 bits per heavy atom. The second-order valence-corrected chi connectivity index (χ2v) is 5.27. The standard InChI is InChI=1S/C18H17N3O3/c1-24-16-7-3-2-5-13(16)11-20-17(22)12-21-10-8-15-14(18(21)23)6-4-9-19-15/h2-10H,11-12H2,1H3,(H,20,22). The van der Waals surface area contributed by atoms with E-state index in [1.807, 2.05) is 24.3 Å². The van der Waals surface area contributed by atoms with Crippen LogP contribution in [0.3, 0.4) is 0 Å². The summed E-state index contributed by atoms with van der Waals surface area (Å²) in [6.07, 6.45) is 3.21. The predicted octanol–water partition coefficient (Wildman–Crippen LogP) is 1.72. The number of carbonyl (C=O) groups is 1. The number of aromatic nitrogens is 2. The summed E-state index contributed by atoms with van der Waals surface area (Å²) in [7, 11) is 1.59. The van der Waals surface area contributed by atoms with Gasteiger partial charge in [0.2, 0.25) is 5.91 Å². The monoisotopic (exact) mass is 323 g/mol. The molecular weight excluding hydrogens is 306 g/mol. The Bertz CT molecular complexity index is 934. The lowest BCUT2D eigenvalue weighted by Crippen LogP contribution is -2.31. The molecule has 0 saturated heterocycles. The van der Waals surface area contributed by atoms with Gasteiger partial charge in [0.25, 0.3) is 5.56 Å². The van der Waals surface area contributed by atoms with Crippen molar-refractivity contribution in [2.45, 2.75) is 13.1 Å². The van der Waals surface area contributed by atoms with E-state index in [0.717, 1.165) is 5.56 Å². The molecule has 122 valence electrons. The number of amides is 1. The Labute approximate surface area is 138 Å². The number of rotatable bonds is 5. The highest BCUT2D eigenvalue weighted by Gasteiger charge is 2.08. The topological polar surface area (TPSA) is 73.2 Å². The summed E-state index contributed by atoms with van der Waals surface area (Å²) in [4.78, 5) is 28.6. The zero-order valence-electron chi connectivity index (χ0n) is 13.2. The maximum atomic E-state index is 12.4. The molecular formula is C18H17N3O3. The maximum Gasteiger partial charge on any atom is 0.260 e. The zero-order valence-corrected chi connectivity index (χ0v) is 13.2. The van der Waals surface area contributed by atoms with Crippen LogP contribution in [0, 0.1) is 0 Å².